The lowest BCUT2D eigenvalue weighted by Gasteiger charge is -2.39. The highest BCUT2D eigenvalue weighted by molar-refractivity contribution is 4.90. The molecule has 1 aliphatic heterocycles. The second kappa shape index (κ2) is 6.26. The van der Waals surface area contributed by atoms with E-state index >= 15 is 0 Å². The molecule has 0 amide bonds. The molecule has 3 heteroatoms. The maximum absolute atomic E-state index is 5.82. The molecule has 1 N–H and O–H groups in total. The van der Waals surface area contributed by atoms with Gasteiger partial charge < -0.3 is 15.0 Å². The van der Waals surface area contributed by atoms with Gasteiger partial charge >= 0.3 is 0 Å². The minimum Gasteiger partial charge on any atom is -0.371 e. The Kier molecular flexibility index (Phi) is 5.29. The molecule has 15 heavy (non-hydrogen) atoms. The van der Waals surface area contributed by atoms with Crippen LogP contribution in [0, 0.1) is 0 Å². The number of nitrogens with zero attached hydrogens (tertiary/aromatic N) is 1. The quantitative estimate of drug-likeness (QED) is 0.484. The molecule has 0 saturated carbocycles. The van der Waals surface area contributed by atoms with Crippen molar-refractivity contribution in [3.8, 4) is 0 Å². The zero-order valence-corrected chi connectivity index (χ0v) is 10.1. The fourth-order valence-corrected chi connectivity index (χ4v) is 1.64. The van der Waals surface area contributed by atoms with Crippen molar-refractivity contribution < 1.29 is 4.74 Å². The number of hydrogen-bond donors (Lipinski definition) is 1. The molecule has 0 radical (unpaired) electrons. The molecule has 0 unspecified atom stereocenters. The van der Waals surface area contributed by atoms with Crippen molar-refractivity contribution in [3.05, 3.63) is 12.7 Å². The topological polar surface area (TPSA) is 24.5 Å². The molecule has 0 spiro atoms. The lowest BCUT2D eigenvalue weighted by molar-refractivity contribution is -0.0708. The third-order valence-corrected chi connectivity index (χ3v) is 2.87. The van der Waals surface area contributed by atoms with E-state index in [1.807, 2.05) is 6.08 Å². The highest BCUT2D eigenvalue weighted by Gasteiger charge is 2.32. The Morgan fingerprint density at radius 2 is 2.20 bits per heavy atom. The van der Waals surface area contributed by atoms with E-state index in [-0.39, 0.29) is 5.60 Å². The fraction of sp³-hybridized carbons (Fsp3) is 0.833. The number of nitrogens with one attached hydrogen (secondary N) is 1. The maximum Gasteiger partial charge on any atom is 0.0902 e. The van der Waals surface area contributed by atoms with Gasteiger partial charge in [0.05, 0.1) is 12.2 Å². The summed E-state index contributed by atoms with van der Waals surface area (Å²) in [6, 6.07) is 0. The van der Waals surface area contributed by atoms with Crippen molar-refractivity contribution in [2.24, 2.45) is 0 Å². The molecule has 0 aromatic heterocycles. The summed E-state index contributed by atoms with van der Waals surface area (Å²) in [5, 5.41) is 3.23. The molecule has 1 rings (SSSR count). The number of ether oxygens (including phenoxy) is 1. The van der Waals surface area contributed by atoms with Gasteiger partial charge in [-0.25, -0.2) is 0 Å². The second-order valence-corrected chi connectivity index (χ2v) is 4.64. The number of hydrogen-bond acceptors (Lipinski definition) is 3. The standard InChI is InChI=1S/C12H24N2O/c1-4-5-6-7-14(3)8-9-15-12(2)10-13-11-12/h4,13H,1,5-11H2,2-3H3. The molecular formula is C12H24N2O. The van der Waals surface area contributed by atoms with Crippen molar-refractivity contribution in [3.63, 3.8) is 0 Å². The number of rotatable bonds is 8. The van der Waals surface area contributed by atoms with Crippen LogP contribution in [0.25, 0.3) is 0 Å². The lowest BCUT2D eigenvalue weighted by atomic mass is 10.0. The van der Waals surface area contributed by atoms with Crippen LogP contribution in [0.15, 0.2) is 12.7 Å². The minimum atomic E-state index is 0.0992. The summed E-state index contributed by atoms with van der Waals surface area (Å²) in [5.74, 6) is 0. The molecule has 0 aliphatic carbocycles. The molecule has 88 valence electrons. The van der Waals surface area contributed by atoms with Crippen molar-refractivity contribution in [2.75, 3.05) is 39.8 Å². The van der Waals surface area contributed by atoms with Crippen LogP contribution in [-0.2, 0) is 4.74 Å². The van der Waals surface area contributed by atoms with Gasteiger partial charge in [0.15, 0.2) is 0 Å². The van der Waals surface area contributed by atoms with Crippen LogP contribution in [-0.4, -0.2) is 50.3 Å². The van der Waals surface area contributed by atoms with Gasteiger partial charge in [-0.3, -0.25) is 0 Å². The van der Waals surface area contributed by atoms with Crippen molar-refractivity contribution >= 4 is 0 Å². The van der Waals surface area contributed by atoms with Crippen LogP contribution < -0.4 is 5.32 Å². The van der Waals surface area contributed by atoms with Crippen molar-refractivity contribution in [1.29, 1.82) is 0 Å². The van der Waals surface area contributed by atoms with Crippen LogP contribution in [0.3, 0.4) is 0 Å². The molecule has 1 aliphatic rings. The van der Waals surface area contributed by atoms with E-state index in [9.17, 15) is 0 Å². The van der Waals surface area contributed by atoms with Crippen LogP contribution in [0.1, 0.15) is 19.8 Å². The van der Waals surface area contributed by atoms with Gasteiger partial charge in [-0.1, -0.05) is 6.08 Å². The summed E-state index contributed by atoms with van der Waals surface area (Å²) in [6.07, 6.45) is 4.27. The van der Waals surface area contributed by atoms with Crippen molar-refractivity contribution in [1.82, 2.24) is 10.2 Å². The minimum absolute atomic E-state index is 0.0992. The van der Waals surface area contributed by atoms with Gasteiger partial charge in [-0.2, -0.15) is 0 Å². The van der Waals surface area contributed by atoms with E-state index in [0.717, 1.165) is 39.2 Å². The Morgan fingerprint density at radius 1 is 1.47 bits per heavy atom. The predicted octanol–water partition coefficient (Wildman–Crippen LogP) is 1.26. The first kappa shape index (κ1) is 12.7. The second-order valence-electron chi connectivity index (χ2n) is 4.64. The lowest BCUT2D eigenvalue weighted by Crippen LogP contribution is -2.59. The van der Waals surface area contributed by atoms with Crippen molar-refractivity contribution in [2.45, 2.75) is 25.4 Å². The Morgan fingerprint density at radius 3 is 2.73 bits per heavy atom. The van der Waals surface area contributed by atoms with Crippen LogP contribution in [0.2, 0.25) is 0 Å². The summed E-state index contributed by atoms with van der Waals surface area (Å²) in [7, 11) is 2.15. The maximum atomic E-state index is 5.82. The molecule has 0 bridgehead atoms. The van der Waals surface area contributed by atoms with E-state index in [0.29, 0.717) is 0 Å². The average Bonchev–Trinajstić information content (AvgIpc) is 2.16. The molecule has 0 atom stereocenters. The molecular weight excluding hydrogens is 188 g/mol. The van der Waals surface area contributed by atoms with E-state index in [1.54, 1.807) is 0 Å². The van der Waals surface area contributed by atoms with Crippen LogP contribution >= 0.6 is 0 Å². The predicted molar refractivity (Wildman–Crippen MR) is 64.2 cm³/mol. The van der Waals surface area contributed by atoms with Gasteiger partial charge in [0.1, 0.15) is 0 Å². The van der Waals surface area contributed by atoms with Crippen LogP contribution in [0.4, 0.5) is 0 Å². The first-order valence-electron chi connectivity index (χ1n) is 5.80. The number of likely N-dealkylation sites (N-methyl/N-ethyl adjacent to an activating group) is 1. The summed E-state index contributed by atoms with van der Waals surface area (Å²) in [4.78, 5) is 2.32. The zero-order valence-electron chi connectivity index (χ0n) is 10.1. The van der Waals surface area contributed by atoms with E-state index in [4.69, 9.17) is 4.74 Å². The fourth-order valence-electron chi connectivity index (χ4n) is 1.64. The summed E-state index contributed by atoms with van der Waals surface area (Å²) in [6.45, 7) is 10.9. The van der Waals surface area contributed by atoms with Gasteiger partial charge in [0.2, 0.25) is 0 Å². The summed E-state index contributed by atoms with van der Waals surface area (Å²) in [5.41, 5.74) is 0.0992. The number of allylic oxidation sites excluding steroid dienone is 1. The zero-order chi connectivity index (χ0) is 11.1. The number of unbranched alkanes of at least 4 members (excludes halogenated alkanes) is 1. The molecule has 3 nitrogen and oxygen atoms in total. The highest BCUT2D eigenvalue weighted by atomic mass is 16.5. The summed E-state index contributed by atoms with van der Waals surface area (Å²) < 4.78 is 5.82. The van der Waals surface area contributed by atoms with E-state index in [1.165, 1.54) is 6.42 Å². The molecule has 1 fully saturated rings. The first-order chi connectivity index (χ1) is 7.16. The smallest absolute Gasteiger partial charge is 0.0902 e. The SMILES string of the molecule is C=CCCCN(C)CCOC1(C)CNC1. The third kappa shape index (κ3) is 4.78. The van der Waals surface area contributed by atoms with E-state index < -0.39 is 0 Å². The Bertz CT molecular complexity index is 190. The van der Waals surface area contributed by atoms with Gasteiger partial charge in [-0.05, 0) is 33.4 Å². The van der Waals surface area contributed by atoms with E-state index in [2.05, 4.69) is 30.8 Å². The third-order valence-electron chi connectivity index (χ3n) is 2.87. The monoisotopic (exact) mass is 212 g/mol. The first-order valence-corrected chi connectivity index (χ1v) is 5.80. The largest absolute Gasteiger partial charge is 0.371 e. The van der Waals surface area contributed by atoms with Gasteiger partial charge in [0.25, 0.3) is 0 Å². The molecule has 1 saturated heterocycles. The molecule has 0 aromatic carbocycles. The van der Waals surface area contributed by atoms with Gasteiger partial charge in [0, 0.05) is 19.6 Å². The molecule has 1 heterocycles. The Balaban J connectivity index is 1.96. The molecule has 0 aromatic rings. The summed E-state index contributed by atoms with van der Waals surface area (Å²) >= 11 is 0. The average molecular weight is 212 g/mol. The highest BCUT2D eigenvalue weighted by Crippen LogP contribution is 2.14. The normalized spacial score (nSPS) is 18.9. The van der Waals surface area contributed by atoms with Crippen LogP contribution in [0.5, 0.6) is 0 Å². The van der Waals surface area contributed by atoms with Gasteiger partial charge in [-0.15, -0.1) is 6.58 Å². The Labute approximate surface area is 93.5 Å². The Hall–Kier alpha value is -0.380.